The molecule has 1 fully saturated rings. The number of benzene rings is 1. The molecular weight excluding hydrogens is 280 g/mol. The molecular formula is C17H22N2O3. The number of carbonyl (C=O) groups excluding carboxylic acids is 2. The van der Waals surface area contributed by atoms with Crippen LogP contribution < -0.4 is 5.32 Å². The molecule has 2 heterocycles. The van der Waals surface area contributed by atoms with Crippen LogP contribution in [-0.2, 0) is 16.0 Å². The van der Waals surface area contributed by atoms with E-state index < -0.39 is 6.10 Å². The van der Waals surface area contributed by atoms with Crippen molar-refractivity contribution in [3.8, 4) is 0 Å². The van der Waals surface area contributed by atoms with Gasteiger partial charge in [0.1, 0.15) is 0 Å². The molecule has 1 saturated heterocycles. The fraction of sp³-hybridized carbons (Fsp3) is 0.529. The molecule has 0 aromatic heterocycles. The Hall–Kier alpha value is -1.88. The number of hydrogen-bond acceptors (Lipinski definition) is 3. The molecule has 2 amide bonds. The summed E-state index contributed by atoms with van der Waals surface area (Å²) in [6, 6.07) is 7.80. The summed E-state index contributed by atoms with van der Waals surface area (Å²) < 4.78 is 0. The average molecular weight is 302 g/mol. The molecule has 1 aromatic carbocycles. The van der Waals surface area contributed by atoms with E-state index in [0.717, 1.165) is 30.6 Å². The number of likely N-dealkylation sites (tertiary alicyclic amines) is 1. The Balaban J connectivity index is 1.55. The Kier molecular flexibility index (Phi) is 4.43. The van der Waals surface area contributed by atoms with Gasteiger partial charge in [0.25, 0.3) is 0 Å². The molecule has 0 radical (unpaired) electrons. The van der Waals surface area contributed by atoms with E-state index in [4.69, 9.17) is 0 Å². The lowest BCUT2D eigenvalue weighted by atomic mass is 9.89. The van der Waals surface area contributed by atoms with Gasteiger partial charge in [0.2, 0.25) is 11.8 Å². The number of piperidine rings is 1. The predicted octanol–water partition coefficient (Wildman–Crippen LogP) is 1.56. The summed E-state index contributed by atoms with van der Waals surface area (Å²) in [5.74, 6) is -0.0934. The topological polar surface area (TPSA) is 69.6 Å². The molecule has 2 aliphatic heterocycles. The molecule has 2 N–H and O–H groups in total. The molecule has 5 nitrogen and oxygen atoms in total. The Morgan fingerprint density at radius 2 is 2.18 bits per heavy atom. The number of carbonyl (C=O) groups is 2. The Morgan fingerprint density at radius 3 is 3.00 bits per heavy atom. The fourth-order valence-corrected chi connectivity index (χ4v) is 3.28. The van der Waals surface area contributed by atoms with Crippen LogP contribution in [0.1, 0.15) is 31.2 Å². The Labute approximate surface area is 130 Å². The third kappa shape index (κ3) is 3.30. The number of aliphatic hydroxyl groups excluding tert-OH is 1. The largest absolute Gasteiger partial charge is 0.391 e. The lowest BCUT2D eigenvalue weighted by molar-refractivity contribution is -0.134. The third-order valence-corrected chi connectivity index (χ3v) is 4.57. The van der Waals surface area contributed by atoms with Gasteiger partial charge < -0.3 is 15.3 Å². The summed E-state index contributed by atoms with van der Waals surface area (Å²) in [6.45, 7) is 1.15. The molecule has 0 aliphatic carbocycles. The minimum atomic E-state index is -0.400. The number of fused-ring (bicyclic) bond motifs is 1. The van der Waals surface area contributed by atoms with Gasteiger partial charge in [0.05, 0.1) is 6.10 Å². The first-order valence-corrected chi connectivity index (χ1v) is 7.98. The smallest absolute Gasteiger partial charge is 0.227 e. The molecule has 0 bridgehead atoms. The van der Waals surface area contributed by atoms with Gasteiger partial charge in [-0.25, -0.2) is 0 Å². The highest BCUT2D eigenvalue weighted by Gasteiger charge is 2.28. The number of para-hydroxylation sites is 1. The first-order valence-electron chi connectivity index (χ1n) is 7.98. The van der Waals surface area contributed by atoms with Gasteiger partial charge in [0.15, 0.2) is 0 Å². The van der Waals surface area contributed by atoms with Crippen LogP contribution in [0.3, 0.4) is 0 Å². The highest BCUT2D eigenvalue weighted by molar-refractivity contribution is 5.96. The zero-order valence-electron chi connectivity index (χ0n) is 12.6. The van der Waals surface area contributed by atoms with Crippen LogP contribution in [0.25, 0.3) is 0 Å². The Morgan fingerprint density at radius 1 is 1.36 bits per heavy atom. The van der Waals surface area contributed by atoms with Crippen molar-refractivity contribution in [2.24, 2.45) is 5.92 Å². The molecule has 1 aromatic rings. The molecule has 0 saturated carbocycles. The minimum absolute atomic E-state index is 0.00480. The van der Waals surface area contributed by atoms with E-state index >= 15 is 0 Å². The van der Waals surface area contributed by atoms with Crippen LogP contribution in [0, 0.1) is 5.92 Å². The second kappa shape index (κ2) is 6.48. The van der Waals surface area contributed by atoms with Crippen LogP contribution in [0.2, 0.25) is 0 Å². The summed E-state index contributed by atoms with van der Waals surface area (Å²) in [4.78, 5) is 26.1. The summed E-state index contributed by atoms with van der Waals surface area (Å²) in [6.07, 6.45) is 2.84. The number of aliphatic hydroxyl groups is 1. The highest BCUT2D eigenvalue weighted by Crippen LogP contribution is 2.27. The number of nitrogens with one attached hydrogen (secondary N) is 1. The molecule has 5 heteroatoms. The summed E-state index contributed by atoms with van der Waals surface area (Å²) in [7, 11) is 0. The van der Waals surface area contributed by atoms with Gasteiger partial charge >= 0.3 is 0 Å². The van der Waals surface area contributed by atoms with E-state index in [1.807, 2.05) is 24.3 Å². The molecule has 22 heavy (non-hydrogen) atoms. The number of nitrogens with zero attached hydrogens (tertiary/aromatic N) is 1. The number of β-amino-alcohol motifs (C(OH)–C–C–N with tert-alkyl or cyclic N) is 1. The quantitative estimate of drug-likeness (QED) is 0.890. The number of anilines is 1. The van der Waals surface area contributed by atoms with Crippen LogP contribution in [-0.4, -0.2) is 41.0 Å². The monoisotopic (exact) mass is 302 g/mol. The maximum absolute atomic E-state index is 12.2. The highest BCUT2D eigenvalue weighted by atomic mass is 16.3. The maximum atomic E-state index is 12.2. The van der Waals surface area contributed by atoms with E-state index in [1.54, 1.807) is 4.90 Å². The van der Waals surface area contributed by atoms with Crippen molar-refractivity contribution in [2.75, 3.05) is 18.4 Å². The van der Waals surface area contributed by atoms with Crippen LogP contribution >= 0.6 is 0 Å². The summed E-state index contributed by atoms with van der Waals surface area (Å²) in [5.41, 5.74) is 2.02. The number of hydrogen-bond donors (Lipinski definition) is 2. The normalized spacial score (nSPS) is 24.6. The van der Waals surface area contributed by atoms with Gasteiger partial charge in [-0.3, -0.25) is 9.59 Å². The van der Waals surface area contributed by atoms with E-state index in [0.29, 0.717) is 25.8 Å². The SMILES string of the molecule is O=C1Nc2ccccc2C[C@@H]1CCC(=O)N1CCC[C@@H](O)C1. The van der Waals surface area contributed by atoms with Crippen LogP contribution in [0.4, 0.5) is 5.69 Å². The maximum Gasteiger partial charge on any atom is 0.227 e. The summed E-state index contributed by atoms with van der Waals surface area (Å²) >= 11 is 0. The standard InChI is InChI=1S/C17H22N2O3/c20-14-5-3-9-19(11-14)16(21)8-7-13-10-12-4-1-2-6-15(12)18-17(13)22/h1-2,4,6,13-14,20H,3,5,7-11H2,(H,18,22)/t13-,14+/m0/s1. The van der Waals surface area contributed by atoms with Crippen molar-refractivity contribution in [1.29, 1.82) is 0 Å². The van der Waals surface area contributed by atoms with Crippen LogP contribution in [0.5, 0.6) is 0 Å². The van der Waals surface area contributed by atoms with Crippen molar-refractivity contribution in [2.45, 2.75) is 38.2 Å². The van der Waals surface area contributed by atoms with E-state index in [9.17, 15) is 14.7 Å². The van der Waals surface area contributed by atoms with Gasteiger partial charge in [-0.15, -0.1) is 0 Å². The molecule has 0 unspecified atom stereocenters. The van der Waals surface area contributed by atoms with Gasteiger partial charge in [-0.2, -0.15) is 0 Å². The van der Waals surface area contributed by atoms with Crippen molar-refractivity contribution in [3.05, 3.63) is 29.8 Å². The summed E-state index contributed by atoms with van der Waals surface area (Å²) in [5, 5.41) is 12.6. The van der Waals surface area contributed by atoms with Gasteiger partial charge in [-0.05, 0) is 37.3 Å². The zero-order chi connectivity index (χ0) is 15.5. The average Bonchev–Trinajstić information content (AvgIpc) is 2.52. The second-order valence-corrected chi connectivity index (χ2v) is 6.22. The van der Waals surface area contributed by atoms with Gasteiger partial charge in [0, 0.05) is 31.1 Å². The third-order valence-electron chi connectivity index (χ3n) is 4.57. The van der Waals surface area contributed by atoms with Crippen LogP contribution in [0.15, 0.2) is 24.3 Å². The van der Waals surface area contributed by atoms with E-state index in [1.165, 1.54) is 0 Å². The predicted molar refractivity (Wildman–Crippen MR) is 83.3 cm³/mol. The zero-order valence-corrected chi connectivity index (χ0v) is 12.6. The van der Waals surface area contributed by atoms with Gasteiger partial charge in [-0.1, -0.05) is 18.2 Å². The van der Waals surface area contributed by atoms with Crippen molar-refractivity contribution in [1.82, 2.24) is 4.90 Å². The fourth-order valence-electron chi connectivity index (χ4n) is 3.28. The van der Waals surface area contributed by atoms with Crippen molar-refractivity contribution >= 4 is 17.5 Å². The molecule has 118 valence electrons. The second-order valence-electron chi connectivity index (χ2n) is 6.22. The first kappa shape index (κ1) is 15.0. The Bertz CT molecular complexity index is 573. The number of rotatable bonds is 3. The van der Waals surface area contributed by atoms with Crippen molar-refractivity contribution < 1.29 is 14.7 Å². The van der Waals surface area contributed by atoms with Crippen molar-refractivity contribution in [3.63, 3.8) is 0 Å². The lowest BCUT2D eigenvalue weighted by Gasteiger charge is -2.31. The first-order chi connectivity index (χ1) is 10.6. The molecule has 3 rings (SSSR count). The number of amides is 2. The molecule has 2 atom stereocenters. The van der Waals surface area contributed by atoms with E-state index in [-0.39, 0.29) is 17.7 Å². The molecule has 0 spiro atoms. The lowest BCUT2D eigenvalue weighted by Crippen LogP contribution is -2.42. The molecule has 2 aliphatic rings. The van der Waals surface area contributed by atoms with E-state index in [2.05, 4.69) is 5.32 Å². The minimum Gasteiger partial charge on any atom is -0.391 e.